The Balaban J connectivity index is 1.53. The van der Waals surface area contributed by atoms with E-state index in [9.17, 15) is 4.79 Å². The van der Waals surface area contributed by atoms with E-state index >= 15 is 0 Å². The molecule has 1 aliphatic rings. The summed E-state index contributed by atoms with van der Waals surface area (Å²) in [5.41, 5.74) is 8.40. The second-order valence-corrected chi connectivity index (χ2v) is 8.82. The van der Waals surface area contributed by atoms with E-state index < -0.39 is 0 Å². The van der Waals surface area contributed by atoms with Gasteiger partial charge in [-0.3, -0.25) is 9.78 Å². The third-order valence-corrected chi connectivity index (χ3v) is 6.42. The number of pyridine rings is 1. The van der Waals surface area contributed by atoms with Crippen molar-refractivity contribution in [2.24, 2.45) is 0 Å². The lowest BCUT2D eigenvalue weighted by Crippen LogP contribution is -2.31. The Hall–Kier alpha value is -3.73. The molecule has 0 N–H and O–H groups in total. The zero-order valence-corrected chi connectivity index (χ0v) is 19.2. The molecule has 0 aliphatic heterocycles. The first kappa shape index (κ1) is 21.1. The van der Waals surface area contributed by atoms with Crippen LogP contribution in [0.5, 0.6) is 0 Å². The van der Waals surface area contributed by atoms with Crippen LogP contribution in [0.2, 0.25) is 0 Å². The highest BCUT2D eigenvalue weighted by atomic mass is 16.2. The van der Waals surface area contributed by atoms with E-state index in [0.717, 1.165) is 41.6 Å². The summed E-state index contributed by atoms with van der Waals surface area (Å²) in [7, 11) is 0. The highest BCUT2D eigenvalue weighted by Gasteiger charge is 2.30. The smallest absolute Gasteiger partial charge is 0.275 e. The average molecular weight is 437 g/mol. The fourth-order valence-electron chi connectivity index (χ4n) is 4.56. The maximum absolute atomic E-state index is 14.0. The molecular weight excluding hydrogens is 408 g/mol. The second-order valence-electron chi connectivity index (χ2n) is 8.82. The largest absolute Gasteiger partial charge is 0.329 e. The van der Waals surface area contributed by atoms with Crippen molar-refractivity contribution in [3.63, 3.8) is 0 Å². The van der Waals surface area contributed by atoms with Crippen LogP contribution < -0.4 is 0 Å². The SMILES string of the molecule is Cc1ccc(-n2nc(C(=O)N(Cc3cccnc3)Cc3ccccc3C)c3c2CCC3)cc1. The summed E-state index contributed by atoms with van der Waals surface area (Å²) in [6.45, 7) is 5.19. The van der Waals surface area contributed by atoms with Crippen LogP contribution in [0, 0.1) is 13.8 Å². The monoisotopic (exact) mass is 436 g/mol. The third-order valence-electron chi connectivity index (χ3n) is 6.42. The molecule has 5 heteroatoms. The van der Waals surface area contributed by atoms with Gasteiger partial charge in [-0.1, -0.05) is 48.0 Å². The Morgan fingerprint density at radius 2 is 1.79 bits per heavy atom. The summed E-state index contributed by atoms with van der Waals surface area (Å²) in [4.78, 5) is 20.1. The highest BCUT2D eigenvalue weighted by Crippen LogP contribution is 2.29. The first-order chi connectivity index (χ1) is 16.1. The van der Waals surface area contributed by atoms with Crippen molar-refractivity contribution in [2.75, 3.05) is 0 Å². The summed E-state index contributed by atoms with van der Waals surface area (Å²) < 4.78 is 1.98. The minimum atomic E-state index is -0.0221. The topological polar surface area (TPSA) is 51.0 Å². The number of amides is 1. The van der Waals surface area contributed by atoms with Crippen LogP contribution in [0.25, 0.3) is 5.69 Å². The summed E-state index contributed by atoms with van der Waals surface area (Å²) in [6.07, 6.45) is 6.48. The van der Waals surface area contributed by atoms with Crippen molar-refractivity contribution < 1.29 is 4.79 Å². The fraction of sp³-hybridized carbons (Fsp3) is 0.250. The number of benzene rings is 2. The normalized spacial score (nSPS) is 12.5. The predicted molar refractivity (Wildman–Crippen MR) is 129 cm³/mol. The standard InChI is InChI=1S/C28H28N4O/c1-20-12-14-24(15-13-20)32-26-11-5-10-25(26)27(30-32)28(33)31(18-22-8-6-16-29-17-22)19-23-9-4-3-7-21(23)2/h3-4,6-9,12-17H,5,10-11,18-19H2,1-2H3. The second kappa shape index (κ2) is 9.02. The van der Waals surface area contributed by atoms with Gasteiger partial charge in [0.05, 0.1) is 5.69 Å². The summed E-state index contributed by atoms with van der Waals surface area (Å²) in [5.74, 6) is -0.0221. The quantitative estimate of drug-likeness (QED) is 0.417. The van der Waals surface area contributed by atoms with E-state index in [4.69, 9.17) is 5.10 Å². The molecule has 2 aromatic carbocycles. The van der Waals surface area contributed by atoms with Gasteiger partial charge >= 0.3 is 0 Å². The number of hydrogen-bond donors (Lipinski definition) is 0. The molecule has 0 unspecified atom stereocenters. The van der Waals surface area contributed by atoms with Gasteiger partial charge in [-0.2, -0.15) is 5.10 Å². The Labute approximate surface area is 194 Å². The van der Waals surface area contributed by atoms with Crippen molar-refractivity contribution >= 4 is 5.91 Å². The number of hydrogen-bond acceptors (Lipinski definition) is 3. The molecule has 0 fully saturated rings. The zero-order valence-electron chi connectivity index (χ0n) is 19.2. The minimum Gasteiger partial charge on any atom is -0.329 e. The van der Waals surface area contributed by atoms with Crippen LogP contribution >= 0.6 is 0 Å². The molecule has 0 spiro atoms. The molecule has 5 nitrogen and oxygen atoms in total. The predicted octanol–water partition coefficient (Wildman–Crippen LogP) is 5.22. The Morgan fingerprint density at radius 3 is 2.55 bits per heavy atom. The highest BCUT2D eigenvalue weighted by molar-refractivity contribution is 5.94. The van der Waals surface area contributed by atoms with E-state index in [1.165, 1.54) is 16.8 Å². The number of carbonyl (C=O) groups is 1. The molecule has 2 heterocycles. The molecule has 1 amide bonds. The molecule has 0 radical (unpaired) electrons. The zero-order chi connectivity index (χ0) is 22.8. The number of carbonyl (C=O) groups excluding carboxylic acids is 1. The Morgan fingerprint density at radius 1 is 0.970 bits per heavy atom. The number of rotatable bonds is 6. The maximum Gasteiger partial charge on any atom is 0.275 e. The van der Waals surface area contributed by atoms with Gasteiger partial charge in [-0.05, 0) is 68.0 Å². The van der Waals surface area contributed by atoms with Gasteiger partial charge in [0.25, 0.3) is 5.91 Å². The lowest BCUT2D eigenvalue weighted by Gasteiger charge is -2.23. The van der Waals surface area contributed by atoms with Gasteiger partial charge in [0.2, 0.25) is 0 Å². The van der Waals surface area contributed by atoms with E-state index in [1.54, 1.807) is 6.20 Å². The molecule has 33 heavy (non-hydrogen) atoms. The maximum atomic E-state index is 14.0. The summed E-state index contributed by atoms with van der Waals surface area (Å²) in [6, 6.07) is 20.5. The third kappa shape index (κ3) is 4.31. The van der Waals surface area contributed by atoms with Gasteiger partial charge in [-0.15, -0.1) is 0 Å². The lowest BCUT2D eigenvalue weighted by atomic mass is 10.1. The van der Waals surface area contributed by atoms with Crippen LogP contribution in [0.15, 0.2) is 73.1 Å². The van der Waals surface area contributed by atoms with Crippen molar-refractivity contribution in [1.82, 2.24) is 19.7 Å². The number of aryl methyl sites for hydroxylation is 2. The molecule has 0 saturated heterocycles. The lowest BCUT2D eigenvalue weighted by molar-refractivity contribution is 0.0722. The van der Waals surface area contributed by atoms with E-state index in [0.29, 0.717) is 18.8 Å². The minimum absolute atomic E-state index is 0.0221. The van der Waals surface area contributed by atoms with Crippen LogP contribution in [0.3, 0.4) is 0 Å². The molecule has 4 aromatic rings. The van der Waals surface area contributed by atoms with Crippen molar-refractivity contribution in [3.05, 3.63) is 112 Å². The molecule has 5 rings (SSSR count). The van der Waals surface area contributed by atoms with Crippen LogP contribution in [-0.2, 0) is 25.9 Å². The molecule has 0 atom stereocenters. The summed E-state index contributed by atoms with van der Waals surface area (Å²) >= 11 is 0. The average Bonchev–Trinajstić information content (AvgIpc) is 3.44. The molecule has 0 saturated carbocycles. The van der Waals surface area contributed by atoms with E-state index in [2.05, 4.69) is 55.2 Å². The van der Waals surface area contributed by atoms with Crippen LogP contribution in [0.4, 0.5) is 0 Å². The van der Waals surface area contributed by atoms with Crippen LogP contribution in [-0.4, -0.2) is 25.6 Å². The first-order valence-corrected chi connectivity index (χ1v) is 11.5. The molecular formula is C28H28N4O. The van der Waals surface area contributed by atoms with Crippen LogP contribution in [0.1, 0.15) is 50.4 Å². The Kier molecular flexibility index (Phi) is 5.78. The van der Waals surface area contributed by atoms with Crippen molar-refractivity contribution in [3.8, 4) is 5.69 Å². The van der Waals surface area contributed by atoms with E-state index in [1.807, 2.05) is 40.0 Å². The van der Waals surface area contributed by atoms with Gasteiger partial charge in [0, 0.05) is 36.7 Å². The van der Waals surface area contributed by atoms with Gasteiger partial charge in [0.1, 0.15) is 0 Å². The summed E-state index contributed by atoms with van der Waals surface area (Å²) in [5, 5.41) is 4.87. The van der Waals surface area contributed by atoms with Gasteiger partial charge in [-0.25, -0.2) is 4.68 Å². The molecule has 0 bridgehead atoms. The van der Waals surface area contributed by atoms with Crippen molar-refractivity contribution in [1.29, 1.82) is 0 Å². The van der Waals surface area contributed by atoms with Gasteiger partial charge < -0.3 is 4.90 Å². The number of aromatic nitrogens is 3. The number of fused-ring (bicyclic) bond motifs is 1. The Bertz CT molecular complexity index is 1280. The first-order valence-electron chi connectivity index (χ1n) is 11.5. The molecule has 166 valence electrons. The molecule has 2 aromatic heterocycles. The number of nitrogens with zero attached hydrogens (tertiary/aromatic N) is 4. The fourth-order valence-corrected chi connectivity index (χ4v) is 4.56. The van der Waals surface area contributed by atoms with Gasteiger partial charge in [0.15, 0.2) is 5.69 Å². The molecule has 1 aliphatic carbocycles. The van der Waals surface area contributed by atoms with Crippen molar-refractivity contribution in [2.45, 2.75) is 46.2 Å². The van der Waals surface area contributed by atoms with E-state index in [-0.39, 0.29) is 5.91 Å².